The van der Waals surface area contributed by atoms with Crippen LogP contribution in [0.25, 0.3) is 0 Å². The van der Waals surface area contributed by atoms with Crippen molar-refractivity contribution in [3.63, 3.8) is 0 Å². The minimum atomic E-state index is -3.56. The molecule has 0 heterocycles. The van der Waals surface area contributed by atoms with Gasteiger partial charge in [-0.05, 0) is 36.1 Å². The van der Waals surface area contributed by atoms with Crippen LogP contribution in [0.5, 0.6) is 0 Å². The number of ether oxygens (including phenoxy) is 1. The predicted octanol–water partition coefficient (Wildman–Crippen LogP) is 2.14. The first kappa shape index (κ1) is 18.4. The molecule has 1 aromatic carbocycles. The molecule has 1 rings (SSSR count). The average molecular weight is 335 g/mol. The lowest BCUT2D eigenvalue weighted by Crippen LogP contribution is -2.27. The van der Waals surface area contributed by atoms with Crippen LogP contribution in [0.2, 0.25) is 5.02 Å². The Morgan fingerprint density at radius 3 is 2.67 bits per heavy atom. The highest BCUT2D eigenvalue weighted by atomic mass is 35.5. The van der Waals surface area contributed by atoms with Crippen LogP contribution in [0.3, 0.4) is 0 Å². The molecular formula is C14H23ClN2O3S. The maximum atomic E-state index is 12.1. The number of halogens is 1. The van der Waals surface area contributed by atoms with Gasteiger partial charge in [0.05, 0.1) is 11.5 Å². The maximum Gasteiger partial charge on any atom is 0.240 e. The number of nitrogens with one attached hydrogen (secondary N) is 1. The van der Waals surface area contributed by atoms with Crippen molar-refractivity contribution in [2.45, 2.75) is 31.7 Å². The summed E-state index contributed by atoms with van der Waals surface area (Å²) in [6.45, 7) is 5.64. The molecule has 0 spiro atoms. The van der Waals surface area contributed by atoms with E-state index in [1.165, 1.54) is 18.2 Å². The van der Waals surface area contributed by atoms with Crippen LogP contribution in [0, 0.1) is 5.92 Å². The summed E-state index contributed by atoms with van der Waals surface area (Å²) in [4.78, 5) is 0.162. The van der Waals surface area contributed by atoms with E-state index in [-0.39, 0.29) is 18.0 Å². The van der Waals surface area contributed by atoms with E-state index in [4.69, 9.17) is 22.1 Å². The number of sulfonamides is 1. The minimum Gasteiger partial charge on any atom is -0.380 e. The largest absolute Gasteiger partial charge is 0.380 e. The molecule has 3 N–H and O–H groups in total. The zero-order valence-electron chi connectivity index (χ0n) is 12.4. The molecule has 0 bridgehead atoms. The summed E-state index contributed by atoms with van der Waals surface area (Å²) in [7, 11) is -3.56. The van der Waals surface area contributed by atoms with E-state index in [1.54, 1.807) is 0 Å². The zero-order chi connectivity index (χ0) is 15.9. The van der Waals surface area contributed by atoms with Crippen LogP contribution in [-0.2, 0) is 21.3 Å². The summed E-state index contributed by atoms with van der Waals surface area (Å²) in [6.07, 6.45) is 0.962. The predicted molar refractivity (Wildman–Crippen MR) is 84.8 cm³/mol. The molecule has 0 saturated heterocycles. The van der Waals surface area contributed by atoms with E-state index in [9.17, 15) is 8.42 Å². The Hall–Kier alpha value is -0.660. The SMILES string of the molecule is CC(C)CCOCCNS(=O)(=O)c1ccc(Cl)c(CN)c1. The van der Waals surface area contributed by atoms with Crippen LogP contribution >= 0.6 is 11.6 Å². The van der Waals surface area contributed by atoms with E-state index < -0.39 is 10.0 Å². The molecule has 0 aromatic heterocycles. The number of hydrogen-bond donors (Lipinski definition) is 2. The van der Waals surface area contributed by atoms with Crippen molar-refractivity contribution in [2.75, 3.05) is 19.8 Å². The van der Waals surface area contributed by atoms with Gasteiger partial charge in [0.25, 0.3) is 0 Å². The molecule has 0 fully saturated rings. The van der Waals surface area contributed by atoms with Gasteiger partial charge in [-0.25, -0.2) is 13.1 Å². The second-order valence-electron chi connectivity index (χ2n) is 5.15. The molecule has 0 unspecified atom stereocenters. The van der Waals surface area contributed by atoms with Crippen molar-refractivity contribution in [3.05, 3.63) is 28.8 Å². The Labute approximate surface area is 131 Å². The Balaban J connectivity index is 2.50. The summed E-state index contributed by atoms with van der Waals surface area (Å²) in [6, 6.07) is 4.49. The van der Waals surface area contributed by atoms with Crippen molar-refractivity contribution < 1.29 is 13.2 Å². The Bertz CT molecular complexity index is 547. The fourth-order valence-electron chi connectivity index (χ4n) is 1.63. The molecule has 0 aliphatic heterocycles. The zero-order valence-corrected chi connectivity index (χ0v) is 14.0. The van der Waals surface area contributed by atoms with E-state index in [0.29, 0.717) is 29.7 Å². The Morgan fingerprint density at radius 1 is 1.33 bits per heavy atom. The van der Waals surface area contributed by atoms with Gasteiger partial charge in [0.1, 0.15) is 0 Å². The lowest BCUT2D eigenvalue weighted by molar-refractivity contribution is 0.128. The van der Waals surface area contributed by atoms with Gasteiger partial charge in [-0.3, -0.25) is 0 Å². The molecule has 0 aliphatic carbocycles. The molecule has 0 saturated carbocycles. The first-order chi connectivity index (χ1) is 9.86. The molecule has 0 atom stereocenters. The molecule has 0 aliphatic rings. The van der Waals surface area contributed by atoms with Crippen LogP contribution in [0.4, 0.5) is 0 Å². The summed E-state index contributed by atoms with van der Waals surface area (Å²) in [5.41, 5.74) is 6.13. The van der Waals surface area contributed by atoms with Gasteiger partial charge >= 0.3 is 0 Å². The number of benzene rings is 1. The molecule has 120 valence electrons. The number of rotatable bonds is 9. The molecule has 21 heavy (non-hydrogen) atoms. The van der Waals surface area contributed by atoms with Gasteiger partial charge in [0.15, 0.2) is 0 Å². The second kappa shape index (κ2) is 8.70. The van der Waals surface area contributed by atoms with E-state index in [0.717, 1.165) is 6.42 Å². The first-order valence-electron chi connectivity index (χ1n) is 6.92. The number of hydrogen-bond acceptors (Lipinski definition) is 4. The molecular weight excluding hydrogens is 312 g/mol. The highest BCUT2D eigenvalue weighted by Crippen LogP contribution is 2.19. The summed E-state index contributed by atoms with van der Waals surface area (Å²) in [5.74, 6) is 0.574. The fraction of sp³-hybridized carbons (Fsp3) is 0.571. The van der Waals surface area contributed by atoms with E-state index in [1.807, 2.05) is 0 Å². The minimum absolute atomic E-state index is 0.162. The smallest absolute Gasteiger partial charge is 0.240 e. The molecule has 0 radical (unpaired) electrons. The molecule has 7 heteroatoms. The molecule has 5 nitrogen and oxygen atoms in total. The van der Waals surface area contributed by atoms with E-state index in [2.05, 4.69) is 18.6 Å². The monoisotopic (exact) mass is 334 g/mol. The van der Waals surface area contributed by atoms with Gasteiger partial charge in [0.2, 0.25) is 10.0 Å². The third-order valence-corrected chi connectivity index (χ3v) is 4.75. The van der Waals surface area contributed by atoms with Gasteiger partial charge in [-0.1, -0.05) is 25.4 Å². The standard InChI is InChI=1S/C14H23ClN2O3S/c1-11(2)5-7-20-8-6-17-21(18,19)13-3-4-14(15)12(9-13)10-16/h3-4,9,11,17H,5-8,10,16H2,1-2H3. The Kier molecular flexibility index (Phi) is 7.62. The summed E-state index contributed by atoms with van der Waals surface area (Å²) < 4.78 is 32.1. The van der Waals surface area contributed by atoms with Crippen LogP contribution in [0.15, 0.2) is 23.1 Å². The average Bonchev–Trinajstić information content (AvgIpc) is 2.42. The van der Waals surface area contributed by atoms with Gasteiger partial charge < -0.3 is 10.5 Å². The van der Waals surface area contributed by atoms with E-state index >= 15 is 0 Å². The van der Waals surface area contributed by atoms with Crippen molar-refractivity contribution in [2.24, 2.45) is 11.7 Å². The lowest BCUT2D eigenvalue weighted by atomic mass is 10.1. The normalized spacial score (nSPS) is 12.0. The summed E-state index contributed by atoms with van der Waals surface area (Å²) in [5, 5.41) is 0.466. The van der Waals surface area contributed by atoms with Gasteiger partial charge in [-0.2, -0.15) is 0 Å². The fourth-order valence-corrected chi connectivity index (χ4v) is 2.89. The third kappa shape index (κ3) is 6.32. The van der Waals surface area contributed by atoms with Crippen molar-refractivity contribution in [1.29, 1.82) is 0 Å². The highest BCUT2D eigenvalue weighted by Gasteiger charge is 2.14. The number of nitrogens with two attached hydrogens (primary N) is 1. The molecule has 1 aromatic rings. The van der Waals surface area contributed by atoms with Crippen LogP contribution in [-0.4, -0.2) is 28.2 Å². The van der Waals surface area contributed by atoms with Crippen LogP contribution in [0.1, 0.15) is 25.8 Å². The lowest BCUT2D eigenvalue weighted by Gasteiger charge is -2.10. The quantitative estimate of drug-likeness (QED) is 0.678. The first-order valence-corrected chi connectivity index (χ1v) is 8.79. The van der Waals surface area contributed by atoms with Crippen molar-refractivity contribution in [3.8, 4) is 0 Å². The van der Waals surface area contributed by atoms with Crippen molar-refractivity contribution in [1.82, 2.24) is 4.72 Å². The van der Waals surface area contributed by atoms with Gasteiger partial charge in [-0.15, -0.1) is 0 Å². The maximum absolute atomic E-state index is 12.1. The summed E-state index contributed by atoms with van der Waals surface area (Å²) >= 11 is 5.92. The van der Waals surface area contributed by atoms with Crippen LogP contribution < -0.4 is 10.5 Å². The second-order valence-corrected chi connectivity index (χ2v) is 7.32. The topological polar surface area (TPSA) is 81.4 Å². The van der Waals surface area contributed by atoms with Gasteiger partial charge in [0, 0.05) is 24.7 Å². The highest BCUT2D eigenvalue weighted by molar-refractivity contribution is 7.89. The molecule has 0 amide bonds. The Morgan fingerprint density at radius 2 is 2.05 bits per heavy atom. The van der Waals surface area contributed by atoms with Crippen molar-refractivity contribution >= 4 is 21.6 Å². The third-order valence-electron chi connectivity index (χ3n) is 2.93.